The van der Waals surface area contributed by atoms with Gasteiger partial charge in [-0.05, 0) is 42.3 Å². The van der Waals surface area contributed by atoms with E-state index in [4.69, 9.17) is 18.3 Å². The van der Waals surface area contributed by atoms with Crippen molar-refractivity contribution < 1.29 is 27.9 Å². The number of hydrogen-bond donors (Lipinski definition) is 0. The van der Waals surface area contributed by atoms with Crippen LogP contribution in [-0.2, 0) is 26.3 Å². The van der Waals surface area contributed by atoms with Crippen LogP contribution in [-0.4, -0.2) is 23.4 Å². The summed E-state index contributed by atoms with van der Waals surface area (Å²) >= 11 is 0. The number of ether oxygens (including phenoxy) is 2. The maximum Gasteiger partial charge on any atom is 0.345 e. The van der Waals surface area contributed by atoms with E-state index in [1.54, 1.807) is 79.7 Å². The Morgan fingerprint density at radius 3 is 1.77 bits per heavy atom. The van der Waals surface area contributed by atoms with E-state index in [0.29, 0.717) is 16.3 Å². The number of amides is 1. The predicted molar refractivity (Wildman–Crippen MR) is 173 cm³/mol. The van der Waals surface area contributed by atoms with Gasteiger partial charge in [-0.1, -0.05) is 84.9 Å². The van der Waals surface area contributed by atoms with Crippen molar-refractivity contribution in [2.45, 2.75) is 18.9 Å². The molecule has 2 aliphatic rings. The molecule has 2 aliphatic heterocycles. The number of esters is 1. The van der Waals surface area contributed by atoms with Gasteiger partial charge in [-0.3, -0.25) is 4.79 Å². The first-order valence-electron chi connectivity index (χ1n) is 15.1. The smallest absolute Gasteiger partial charge is 0.345 e. The molecular formula is C38H25NO8. The monoisotopic (exact) mass is 623 g/mol. The normalized spacial score (nSPS) is 14.7. The highest BCUT2D eigenvalue weighted by atomic mass is 16.5. The predicted octanol–water partition coefficient (Wildman–Crippen LogP) is 6.31. The Morgan fingerprint density at radius 1 is 0.702 bits per heavy atom. The lowest BCUT2D eigenvalue weighted by Gasteiger charge is -2.35. The first-order valence-corrected chi connectivity index (χ1v) is 15.1. The zero-order valence-corrected chi connectivity index (χ0v) is 25.0. The molecular weight excluding hydrogens is 598 g/mol. The third-order valence-electron chi connectivity index (χ3n) is 8.64. The van der Waals surface area contributed by atoms with Gasteiger partial charge >= 0.3 is 17.2 Å². The molecule has 0 bridgehead atoms. The van der Waals surface area contributed by atoms with Crippen molar-refractivity contribution in [1.29, 1.82) is 0 Å². The first kappa shape index (κ1) is 28.3. The Morgan fingerprint density at radius 2 is 1.21 bits per heavy atom. The number of rotatable bonds is 5. The molecule has 0 atom stereocenters. The Hall–Kier alpha value is -6.22. The van der Waals surface area contributed by atoms with Crippen molar-refractivity contribution >= 4 is 39.5 Å². The first-order chi connectivity index (χ1) is 22.9. The van der Waals surface area contributed by atoms with Gasteiger partial charge in [0.2, 0.25) is 5.91 Å². The van der Waals surface area contributed by atoms with Crippen molar-refractivity contribution in [3.63, 3.8) is 0 Å². The number of nitrogens with zero attached hydrogens (tertiary/aromatic N) is 1. The lowest BCUT2D eigenvalue weighted by molar-refractivity contribution is -0.140. The van der Waals surface area contributed by atoms with Gasteiger partial charge < -0.3 is 23.2 Å². The van der Waals surface area contributed by atoms with Crippen molar-refractivity contribution in [2.75, 3.05) is 6.61 Å². The average Bonchev–Trinajstić information content (AvgIpc) is 3.33. The summed E-state index contributed by atoms with van der Waals surface area (Å²) in [4.78, 5) is 60.0. The molecule has 9 heteroatoms. The fraction of sp³-hybridized carbons (Fsp3) is 0.105. The molecule has 1 amide bonds. The van der Waals surface area contributed by atoms with E-state index in [1.165, 1.54) is 4.90 Å². The van der Waals surface area contributed by atoms with Crippen LogP contribution in [0.2, 0.25) is 0 Å². The number of fused-ring (bicyclic) bond motifs is 8. The number of carbonyl (C=O) groups is 2. The Bertz CT molecular complexity index is 2310. The molecule has 1 spiro atoms. The standard InChI is InChI=1S/C38H25NO8/c1-2-44-34(40)28-31(23-15-7-4-8-16-23)39(21-22-13-5-3-6-14-22)37(43)38(28)29-32(24-17-9-11-19-26(24)45-35(29)41)47-33-25-18-10-12-20-27(25)46-36(42)30(33)38/h3-20H,2,21H2,1H3. The van der Waals surface area contributed by atoms with Gasteiger partial charge in [0.15, 0.2) is 16.9 Å². The molecule has 2 aromatic heterocycles. The van der Waals surface area contributed by atoms with Gasteiger partial charge in [0.05, 0.1) is 35.2 Å². The maximum atomic E-state index is 15.6. The summed E-state index contributed by atoms with van der Waals surface area (Å²) in [5, 5.41) is 0.756. The fourth-order valence-electron chi connectivity index (χ4n) is 6.78. The minimum atomic E-state index is -2.36. The molecule has 0 aliphatic carbocycles. The summed E-state index contributed by atoms with van der Waals surface area (Å²) < 4.78 is 23.8. The topological polar surface area (TPSA) is 116 Å². The summed E-state index contributed by atoms with van der Waals surface area (Å²) in [6.45, 7) is 1.61. The fourth-order valence-corrected chi connectivity index (χ4v) is 6.78. The van der Waals surface area contributed by atoms with E-state index in [2.05, 4.69) is 0 Å². The zero-order chi connectivity index (χ0) is 32.3. The van der Waals surface area contributed by atoms with Gasteiger partial charge in [-0.2, -0.15) is 0 Å². The Balaban J connectivity index is 1.60. The van der Waals surface area contributed by atoms with E-state index in [0.717, 1.165) is 5.56 Å². The Kier molecular flexibility index (Phi) is 6.43. The quantitative estimate of drug-likeness (QED) is 0.162. The van der Waals surface area contributed by atoms with Gasteiger partial charge in [0.1, 0.15) is 22.3 Å². The van der Waals surface area contributed by atoms with Gasteiger partial charge in [-0.15, -0.1) is 0 Å². The van der Waals surface area contributed by atoms with Crippen LogP contribution < -0.4 is 16.0 Å². The summed E-state index contributed by atoms with van der Waals surface area (Å²) in [5.74, 6) is -1.60. The molecule has 0 radical (unpaired) electrons. The van der Waals surface area contributed by atoms with Crippen LogP contribution in [0.3, 0.4) is 0 Å². The van der Waals surface area contributed by atoms with Crippen LogP contribution in [0.1, 0.15) is 29.2 Å². The zero-order valence-electron chi connectivity index (χ0n) is 25.0. The van der Waals surface area contributed by atoms with E-state index >= 15 is 4.79 Å². The number of carbonyl (C=O) groups excluding carboxylic acids is 2. The van der Waals surface area contributed by atoms with Gasteiger partial charge in [-0.25, -0.2) is 14.4 Å². The number of para-hydroxylation sites is 2. The molecule has 0 unspecified atom stereocenters. The van der Waals surface area contributed by atoms with Crippen LogP contribution in [0.4, 0.5) is 0 Å². The van der Waals surface area contributed by atoms with E-state index in [9.17, 15) is 14.4 Å². The number of hydrogen-bond acceptors (Lipinski definition) is 8. The van der Waals surface area contributed by atoms with E-state index in [1.807, 2.05) is 36.4 Å². The third-order valence-corrected chi connectivity index (χ3v) is 8.64. The third kappa shape index (κ3) is 4.02. The molecule has 0 fully saturated rings. The molecule has 47 heavy (non-hydrogen) atoms. The van der Waals surface area contributed by atoms with Crippen LogP contribution in [0.5, 0.6) is 11.5 Å². The molecule has 4 heterocycles. The molecule has 230 valence electrons. The molecule has 6 aromatic rings. The highest BCUT2D eigenvalue weighted by molar-refractivity contribution is 6.20. The molecule has 9 nitrogen and oxygen atoms in total. The molecule has 8 rings (SSSR count). The molecule has 4 aromatic carbocycles. The van der Waals surface area contributed by atoms with Crippen molar-refractivity contribution in [2.24, 2.45) is 0 Å². The average molecular weight is 624 g/mol. The lowest BCUT2D eigenvalue weighted by Crippen LogP contribution is -2.50. The van der Waals surface area contributed by atoms with E-state index < -0.39 is 28.5 Å². The minimum Gasteiger partial charge on any atom is -0.463 e. The molecule has 0 saturated heterocycles. The van der Waals surface area contributed by atoms with Crippen LogP contribution in [0.25, 0.3) is 27.6 Å². The van der Waals surface area contributed by atoms with Crippen LogP contribution >= 0.6 is 0 Å². The summed E-state index contributed by atoms with van der Waals surface area (Å²) in [7, 11) is 0. The van der Waals surface area contributed by atoms with E-state index in [-0.39, 0.29) is 58.2 Å². The summed E-state index contributed by atoms with van der Waals surface area (Å²) in [5.41, 5.74) is -3.20. The second-order valence-electron chi connectivity index (χ2n) is 11.2. The van der Waals surface area contributed by atoms with Crippen LogP contribution in [0.15, 0.2) is 133 Å². The summed E-state index contributed by atoms with van der Waals surface area (Å²) in [6.07, 6.45) is 0. The molecule has 0 saturated carbocycles. The Labute approximate surface area is 266 Å². The lowest BCUT2D eigenvalue weighted by atomic mass is 9.67. The van der Waals surface area contributed by atoms with Gasteiger partial charge in [0, 0.05) is 0 Å². The summed E-state index contributed by atoms with van der Waals surface area (Å²) in [6, 6.07) is 31.6. The van der Waals surface area contributed by atoms with Crippen LogP contribution in [0, 0.1) is 0 Å². The largest absolute Gasteiger partial charge is 0.463 e. The van der Waals surface area contributed by atoms with Crippen molar-refractivity contribution in [1.82, 2.24) is 4.90 Å². The molecule has 0 N–H and O–H groups in total. The second-order valence-corrected chi connectivity index (χ2v) is 11.2. The maximum absolute atomic E-state index is 15.6. The second kappa shape index (κ2) is 10.7. The minimum absolute atomic E-state index is 0.00391. The van der Waals surface area contributed by atoms with Crippen molar-refractivity contribution in [3.8, 4) is 11.5 Å². The van der Waals surface area contributed by atoms with Crippen molar-refractivity contribution in [3.05, 3.63) is 158 Å². The number of benzene rings is 4. The highest BCUT2D eigenvalue weighted by Crippen LogP contribution is 2.59. The SMILES string of the molecule is CCOC(=O)C1=C(c2ccccc2)N(Cc2ccccc2)C(=O)C12c1c(c3ccccc3oc1=O)Oc1c2c(=O)oc2ccccc12. The van der Waals surface area contributed by atoms with Gasteiger partial charge in [0.25, 0.3) is 0 Å². The highest BCUT2D eigenvalue weighted by Gasteiger charge is 2.65.